The van der Waals surface area contributed by atoms with Crippen LogP contribution in [0.2, 0.25) is 0 Å². The highest BCUT2D eigenvalue weighted by atomic mass is 79.9. The fourth-order valence-corrected chi connectivity index (χ4v) is 2.73. The van der Waals surface area contributed by atoms with Gasteiger partial charge < -0.3 is 11.1 Å². The number of aromatic nitrogens is 1. The highest BCUT2D eigenvalue weighted by Gasteiger charge is 2.12. The third-order valence-corrected chi connectivity index (χ3v) is 4.03. The van der Waals surface area contributed by atoms with Crippen LogP contribution in [0.25, 0.3) is 0 Å². The lowest BCUT2D eigenvalue weighted by atomic mass is 10.2. The Balaban J connectivity index is 1.97. The van der Waals surface area contributed by atoms with Crippen LogP contribution in [0.5, 0.6) is 0 Å². The molecular formula is C13H14BrN3OS. The monoisotopic (exact) mass is 339 g/mol. The Morgan fingerprint density at radius 2 is 2.37 bits per heavy atom. The molecule has 0 aliphatic heterocycles. The molecule has 0 aliphatic rings. The summed E-state index contributed by atoms with van der Waals surface area (Å²) in [6.07, 6.45) is 0. The maximum Gasteiger partial charge on any atom is 0.271 e. The number of amides is 1. The van der Waals surface area contributed by atoms with Crippen LogP contribution < -0.4 is 11.1 Å². The highest BCUT2D eigenvalue weighted by molar-refractivity contribution is 9.10. The summed E-state index contributed by atoms with van der Waals surface area (Å²) in [7, 11) is 0. The minimum absolute atomic E-state index is 0.142. The van der Waals surface area contributed by atoms with Gasteiger partial charge in [0.2, 0.25) is 0 Å². The smallest absolute Gasteiger partial charge is 0.271 e. The Morgan fingerprint density at radius 1 is 1.58 bits per heavy atom. The van der Waals surface area contributed by atoms with Crippen molar-refractivity contribution < 1.29 is 4.79 Å². The number of halogens is 1. The van der Waals surface area contributed by atoms with Crippen molar-refractivity contribution in [1.82, 2.24) is 10.3 Å². The molecule has 1 aromatic heterocycles. The van der Waals surface area contributed by atoms with Gasteiger partial charge in [-0.25, -0.2) is 4.98 Å². The third kappa shape index (κ3) is 3.86. The first-order valence-electron chi connectivity index (χ1n) is 5.80. The van der Waals surface area contributed by atoms with Crippen molar-refractivity contribution in [3.8, 4) is 0 Å². The van der Waals surface area contributed by atoms with Crippen LogP contribution in [-0.4, -0.2) is 10.9 Å². The summed E-state index contributed by atoms with van der Waals surface area (Å²) in [5.41, 5.74) is 7.18. The van der Waals surface area contributed by atoms with Crippen LogP contribution >= 0.6 is 27.3 Å². The molecule has 6 heteroatoms. The molecule has 1 unspecified atom stereocenters. The van der Waals surface area contributed by atoms with Gasteiger partial charge in [-0.05, 0) is 24.6 Å². The number of hydrogen-bond acceptors (Lipinski definition) is 4. The number of nitrogens with two attached hydrogens (primary N) is 1. The number of carbonyl (C=O) groups is 1. The summed E-state index contributed by atoms with van der Waals surface area (Å²) < 4.78 is 0.993. The number of nitrogens with zero attached hydrogens (tertiary/aromatic N) is 1. The van der Waals surface area contributed by atoms with E-state index in [9.17, 15) is 4.79 Å². The number of carbonyl (C=O) groups excluding carboxylic acids is 1. The van der Waals surface area contributed by atoms with Gasteiger partial charge >= 0.3 is 0 Å². The highest BCUT2D eigenvalue weighted by Crippen LogP contribution is 2.16. The zero-order chi connectivity index (χ0) is 13.8. The summed E-state index contributed by atoms with van der Waals surface area (Å²) in [4.78, 5) is 16.1. The molecule has 1 heterocycles. The van der Waals surface area contributed by atoms with Crippen molar-refractivity contribution in [3.63, 3.8) is 0 Å². The molecule has 0 radical (unpaired) electrons. The molecule has 2 rings (SSSR count). The summed E-state index contributed by atoms with van der Waals surface area (Å²) >= 11 is 4.80. The fraction of sp³-hybridized carbons (Fsp3) is 0.231. The molecule has 0 aliphatic carbocycles. The summed E-state index contributed by atoms with van der Waals surface area (Å²) in [6.45, 7) is 2.32. The number of rotatable bonds is 4. The molecule has 1 atom stereocenters. The minimum atomic E-state index is -0.178. The zero-order valence-electron chi connectivity index (χ0n) is 10.4. The molecule has 0 spiro atoms. The largest absolute Gasteiger partial charge is 0.347 e. The first-order chi connectivity index (χ1) is 9.06. The summed E-state index contributed by atoms with van der Waals surface area (Å²) in [6, 6.07) is 7.66. The second-order valence-corrected chi connectivity index (χ2v) is 5.98. The second-order valence-electron chi connectivity index (χ2n) is 4.17. The molecule has 3 N–H and O–H groups in total. The van der Waals surface area contributed by atoms with Crippen molar-refractivity contribution >= 4 is 33.2 Å². The van der Waals surface area contributed by atoms with Crippen LogP contribution in [0.1, 0.15) is 34.0 Å². The van der Waals surface area contributed by atoms with Crippen LogP contribution in [0.3, 0.4) is 0 Å². The predicted octanol–water partition coefficient (Wildman–Crippen LogP) is 2.86. The lowest BCUT2D eigenvalue weighted by molar-refractivity contribution is 0.0946. The van der Waals surface area contributed by atoms with Crippen LogP contribution in [0.4, 0.5) is 0 Å². The Labute approximate surface area is 124 Å². The van der Waals surface area contributed by atoms with E-state index < -0.39 is 0 Å². The Morgan fingerprint density at radius 3 is 3.00 bits per heavy atom. The van der Waals surface area contributed by atoms with Gasteiger partial charge in [0.25, 0.3) is 5.91 Å². The molecule has 4 nitrogen and oxygen atoms in total. The maximum absolute atomic E-state index is 11.9. The molecule has 19 heavy (non-hydrogen) atoms. The van der Waals surface area contributed by atoms with Crippen molar-refractivity contribution in [1.29, 1.82) is 0 Å². The zero-order valence-corrected chi connectivity index (χ0v) is 12.8. The van der Waals surface area contributed by atoms with Gasteiger partial charge in [-0.15, -0.1) is 11.3 Å². The SMILES string of the molecule is CC(N)c1nc(C(=O)NCc2cccc(Br)c2)cs1. The minimum Gasteiger partial charge on any atom is -0.347 e. The second kappa shape index (κ2) is 6.27. The van der Waals surface area contributed by atoms with E-state index in [0.29, 0.717) is 12.2 Å². The summed E-state index contributed by atoms with van der Waals surface area (Å²) in [5, 5.41) is 5.34. The van der Waals surface area contributed by atoms with Crippen molar-refractivity contribution in [2.45, 2.75) is 19.5 Å². The summed E-state index contributed by atoms with van der Waals surface area (Å²) in [5.74, 6) is -0.178. The van der Waals surface area contributed by atoms with Gasteiger partial charge in [0.05, 0.1) is 6.04 Å². The van der Waals surface area contributed by atoms with E-state index in [2.05, 4.69) is 26.2 Å². The van der Waals surface area contributed by atoms with E-state index in [1.807, 2.05) is 31.2 Å². The molecule has 1 amide bonds. The standard InChI is InChI=1S/C13H14BrN3OS/c1-8(15)13-17-11(7-19-13)12(18)16-6-9-3-2-4-10(14)5-9/h2-5,7-8H,6,15H2,1H3,(H,16,18). The van der Waals surface area contributed by atoms with Crippen LogP contribution in [0.15, 0.2) is 34.1 Å². The third-order valence-electron chi connectivity index (χ3n) is 2.49. The van der Waals surface area contributed by atoms with Gasteiger partial charge in [0.15, 0.2) is 0 Å². The van der Waals surface area contributed by atoms with Gasteiger partial charge in [0, 0.05) is 16.4 Å². The molecule has 1 aromatic carbocycles. The van der Waals surface area contributed by atoms with Crippen LogP contribution in [-0.2, 0) is 6.54 Å². The van der Waals surface area contributed by atoms with E-state index >= 15 is 0 Å². The van der Waals surface area contributed by atoms with Gasteiger partial charge in [-0.2, -0.15) is 0 Å². The maximum atomic E-state index is 11.9. The Hall–Kier alpha value is -1.24. The lowest BCUT2D eigenvalue weighted by Gasteiger charge is -2.04. The lowest BCUT2D eigenvalue weighted by Crippen LogP contribution is -2.23. The molecule has 2 aromatic rings. The molecule has 0 fully saturated rings. The topological polar surface area (TPSA) is 68.0 Å². The fourth-order valence-electron chi connectivity index (χ4n) is 1.52. The van der Waals surface area contributed by atoms with E-state index in [0.717, 1.165) is 15.0 Å². The number of thiazole rings is 1. The number of hydrogen-bond donors (Lipinski definition) is 2. The van der Waals surface area contributed by atoms with Gasteiger partial charge in [0.1, 0.15) is 10.7 Å². The first kappa shape index (κ1) is 14.2. The number of benzene rings is 1. The van der Waals surface area contributed by atoms with Crippen molar-refractivity contribution in [2.75, 3.05) is 0 Å². The molecule has 0 saturated heterocycles. The average Bonchev–Trinajstić information content (AvgIpc) is 2.86. The average molecular weight is 340 g/mol. The first-order valence-corrected chi connectivity index (χ1v) is 7.47. The molecule has 100 valence electrons. The Bertz CT molecular complexity index is 583. The predicted molar refractivity (Wildman–Crippen MR) is 80.0 cm³/mol. The van der Waals surface area contributed by atoms with E-state index in [4.69, 9.17) is 5.73 Å². The Kier molecular flexibility index (Phi) is 4.68. The van der Waals surface area contributed by atoms with Crippen LogP contribution in [0, 0.1) is 0 Å². The quantitative estimate of drug-likeness (QED) is 0.899. The number of nitrogens with one attached hydrogen (secondary N) is 1. The van der Waals surface area contributed by atoms with Crippen molar-refractivity contribution in [3.05, 3.63) is 50.4 Å². The van der Waals surface area contributed by atoms with E-state index in [1.54, 1.807) is 5.38 Å². The normalized spacial score (nSPS) is 12.2. The molecule has 0 bridgehead atoms. The van der Waals surface area contributed by atoms with Gasteiger partial charge in [-0.3, -0.25) is 4.79 Å². The van der Waals surface area contributed by atoms with E-state index in [-0.39, 0.29) is 11.9 Å². The van der Waals surface area contributed by atoms with E-state index in [1.165, 1.54) is 11.3 Å². The molecule has 0 saturated carbocycles. The van der Waals surface area contributed by atoms with Crippen molar-refractivity contribution in [2.24, 2.45) is 5.73 Å². The van der Waals surface area contributed by atoms with Gasteiger partial charge in [-0.1, -0.05) is 28.1 Å². The molecular weight excluding hydrogens is 326 g/mol.